The van der Waals surface area contributed by atoms with Crippen molar-refractivity contribution in [2.45, 2.75) is 57.9 Å². The van der Waals surface area contributed by atoms with Crippen LogP contribution in [-0.2, 0) is 11.2 Å². The fourth-order valence-corrected chi connectivity index (χ4v) is 3.49. The minimum absolute atomic E-state index is 0.111. The summed E-state index contributed by atoms with van der Waals surface area (Å²) in [5.41, 5.74) is 2.17. The molecule has 0 aliphatic heterocycles. The number of hydrogen-bond donors (Lipinski definition) is 1. The predicted molar refractivity (Wildman–Crippen MR) is 101 cm³/mol. The van der Waals surface area contributed by atoms with Crippen molar-refractivity contribution < 1.29 is 4.79 Å². The highest BCUT2D eigenvalue weighted by molar-refractivity contribution is 5.92. The second-order valence-corrected chi connectivity index (χ2v) is 6.92. The van der Waals surface area contributed by atoms with Gasteiger partial charge in [-0.15, -0.1) is 0 Å². The fraction of sp³-hybridized carbons (Fsp3) is 0.409. The average Bonchev–Trinajstić information content (AvgIpc) is 2.62. The number of hydrogen-bond acceptors (Lipinski definition) is 1. The van der Waals surface area contributed by atoms with Gasteiger partial charge in [0.05, 0.1) is 0 Å². The highest BCUT2D eigenvalue weighted by atomic mass is 16.1. The largest absolute Gasteiger partial charge is 0.350 e. The molecule has 24 heavy (non-hydrogen) atoms. The molecule has 0 saturated heterocycles. The number of benzene rings is 2. The van der Waals surface area contributed by atoms with Crippen molar-refractivity contribution in [3.05, 3.63) is 59.7 Å². The van der Waals surface area contributed by atoms with Gasteiger partial charge in [0.15, 0.2) is 0 Å². The number of aryl methyl sites for hydroxylation is 1. The lowest BCUT2D eigenvalue weighted by Gasteiger charge is -2.22. The summed E-state index contributed by atoms with van der Waals surface area (Å²) in [5, 5.41) is 5.74. The van der Waals surface area contributed by atoms with Crippen molar-refractivity contribution in [1.29, 1.82) is 0 Å². The minimum atomic E-state index is 0.111. The summed E-state index contributed by atoms with van der Waals surface area (Å²) in [6, 6.07) is 15.4. The summed E-state index contributed by atoms with van der Waals surface area (Å²) in [6.07, 6.45) is 10.0. The molecule has 2 heteroatoms. The van der Waals surface area contributed by atoms with E-state index in [2.05, 4.69) is 53.9 Å². The Labute approximate surface area is 145 Å². The van der Waals surface area contributed by atoms with Crippen LogP contribution in [0.2, 0.25) is 0 Å². The second-order valence-electron chi connectivity index (χ2n) is 6.92. The van der Waals surface area contributed by atoms with Crippen molar-refractivity contribution in [1.82, 2.24) is 5.32 Å². The molecule has 0 radical (unpaired) electrons. The molecule has 0 aromatic heterocycles. The zero-order valence-electron chi connectivity index (χ0n) is 14.6. The molecule has 1 N–H and O–H groups in total. The summed E-state index contributed by atoms with van der Waals surface area (Å²) in [5.74, 6) is 0.111. The van der Waals surface area contributed by atoms with E-state index in [-0.39, 0.29) is 5.91 Å². The van der Waals surface area contributed by atoms with E-state index < -0.39 is 0 Å². The van der Waals surface area contributed by atoms with E-state index in [1.807, 2.05) is 6.92 Å². The number of allylic oxidation sites excluding steroid dienone is 1. The molecule has 2 nitrogen and oxygen atoms in total. The number of nitrogens with one attached hydrogen (secondary N) is 1. The topological polar surface area (TPSA) is 29.1 Å². The molecule has 1 saturated carbocycles. The molecule has 2 aromatic carbocycles. The third-order valence-corrected chi connectivity index (χ3v) is 5.00. The van der Waals surface area contributed by atoms with Crippen molar-refractivity contribution in [3.8, 4) is 0 Å². The SMILES string of the molecule is CC(=CCCc1ccc2ccccc2c1)C(=O)NC1CCCCC1. The Morgan fingerprint density at radius 2 is 1.83 bits per heavy atom. The first kappa shape index (κ1) is 16.8. The summed E-state index contributed by atoms with van der Waals surface area (Å²) in [4.78, 5) is 12.2. The van der Waals surface area contributed by atoms with Crippen LogP contribution in [0.4, 0.5) is 0 Å². The number of amides is 1. The molecule has 3 rings (SSSR count). The minimum Gasteiger partial charge on any atom is -0.350 e. The van der Waals surface area contributed by atoms with Crippen LogP contribution in [0.5, 0.6) is 0 Å². The molecule has 1 fully saturated rings. The Morgan fingerprint density at radius 1 is 1.08 bits per heavy atom. The van der Waals surface area contributed by atoms with E-state index in [1.165, 1.54) is 35.6 Å². The molecule has 0 unspecified atom stereocenters. The van der Waals surface area contributed by atoms with Gasteiger partial charge in [0.25, 0.3) is 0 Å². The molecule has 0 spiro atoms. The molecule has 0 heterocycles. The highest BCUT2D eigenvalue weighted by Crippen LogP contribution is 2.18. The van der Waals surface area contributed by atoms with E-state index in [1.54, 1.807) is 0 Å². The lowest BCUT2D eigenvalue weighted by Crippen LogP contribution is -2.36. The van der Waals surface area contributed by atoms with Gasteiger partial charge in [0, 0.05) is 11.6 Å². The van der Waals surface area contributed by atoms with Gasteiger partial charge >= 0.3 is 0 Å². The van der Waals surface area contributed by atoms with Crippen LogP contribution in [0, 0.1) is 0 Å². The van der Waals surface area contributed by atoms with Gasteiger partial charge < -0.3 is 5.32 Å². The third kappa shape index (κ3) is 4.47. The molecule has 1 aliphatic carbocycles. The summed E-state index contributed by atoms with van der Waals surface area (Å²) < 4.78 is 0. The predicted octanol–water partition coefficient (Wildman–Crippen LogP) is 5.17. The molecule has 2 aromatic rings. The smallest absolute Gasteiger partial charge is 0.246 e. The van der Waals surface area contributed by atoms with Crippen molar-refractivity contribution in [3.63, 3.8) is 0 Å². The van der Waals surface area contributed by atoms with E-state index in [0.717, 1.165) is 31.3 Å². The molecular formula is C22H27NO. The number of carbonyl (C=O) groups is 1. The Kier molecular flexibility index (Phi) is 5.68. The number of rotatable bonds is 5. The van der Waals surface area contributed by atoms with E-state index in [0.29, 0.717) is 6.04 Å². The summed E-state index contributed by atoms with van der Waals surface area (Å²) in [6.45, 7) is 1.93. The highest BCUT2D eigenvalue weighted by Gasteiger charge is 2.16. The Morgan fingerprint density at radius 3 is 2.62 bits per heavy atom. The maximum atomic E-state index is 12.2. The van der Waals surface area contributed by atoms with E-state index in [9.17, 15) is 4.79 Å². The number of fused-ring (bicyclic) bond motifs is 1. The van der Waals surface area contributed by atoms with Crippen LogP contribution < -0.4 is 5.32 Å². The van der Waals surface area contributed by atoms with Crippen molar-refractivity contribution >= 4 is 16.7 Å². The number of carbonyl (C=O) groups excluding carboxylic acids is 1. The summed E-state index contributed by atoms with van der Waals surface area (Å²) in [7, 11) is 0. The van der Waals surface area contributed by atoms with Gasteiger partial charge in [0.1, 0.15) is 0 Å². The van der Waals surface area contributed by atoms with Gasteiger partial charge in [-0.2, -0.15) is 0 Å². The maximum Gasteiger partial charge on any atom is 0.246 e. The first-order valence-corrected chi connectivity index (χ1v) is 9.18. The van der Waals surface area contributed by atoms with E-state index >= 15 is 0 Å². The third-order valence-electron chi connectivity index (χ3n) is 5.00. The maximum absolute atomic E-state index is 12.2. The van der Waals surface area contributed by atoms with Crippen molar-refractivity contribution in [2.75, 3.05) is 0 Å². The normalized spacial score (nSPS) is 16.3. The van der Waals surface area contributed by atoms with Crippen molar-refractivity contribution in [2.24, 2.45) is 0 Å². The van der Waals surface area contributed by atoms with Gasteiger partial charge in [0.2, 0.25) is 5.91 Å². The van der Waals surface area contributed by atoms with Crippen LogP contribution >= 0.6 is 0 Å². The van der Waals surface area contributed by atoms with Gasteiger partial charge in [-0.1, -0.05) is 67.8 Å². The van der Waals surface area contributed by atoms with Gasteiger partial charge in [-0.3, -0.25) is 4.79 Å². The molecule has 1 amide bonds. The second kappa shape index (κ2) is 8.14. The van der Waals surface area contributed by atoms with Crippen LogP contribution in [0.1, 0.15) is 51.0 Å². The van der Waals surface area contributed by atoms with E-state index in [4.69, 9.17) is 0 Å². The molecule has 126 valence electrons. The zero-order valence-corrected chi connectivity index (χ0v) is 14.6. The molecule has 1 aliphatic rings. The quantitative estimate of drug-likeness (QED) is 0.756. The fourth-order valence-electron chi connectivity index (χ4n) is 3.49. The monoisotopic (exact) mass is 321 g/mol. The van der Waals surface area contributed by atoms with Crippen LogP contribution in [-0.4, -0.2) is 11.9 Å². The molecule has 0 bridgehead atoms. The van der Waals surface area contributed by atoms with Crippen LogP contribution in [0.25, 0.3) is 10.8 Å². The zero-order chi connectivity index (χ0) is 16.8. The first-order valence-electron chi connectivity index (χ1n) is 9.18. The summed E-state index contributed by atoms with van der Waals surface area (Å²) >= 11 is 0. The lowest BCUT2D eigenvalue weighted by molar-refractivity contribution is -0.118. The molecular weight excluding hydrogens is 294 g/mol. The Hall–Kier alpha value is -2.09. The Bertz CT molecular complexity index is 726. The van der Waals surface area contributed by atoms with Crippen LogP contribution in [0.15, 0.2) is 54.1 Å². The average molecular weight is 321 g/mol. The standard InChI is InChI=1S/C22H27NO/c1-17(22(24)23-21-12-3-2-4-13-21)8-7-9-18-14-15-19-10-5-6-11-20(19)16-18/h5-6,8,10-11,14-16,21H,2-4,7,9,12-13H2,1H3,(H,23,24). The first-order chi connectivity index (χ1) is 11.7. The van der Waals surface area contributed by atoms with Gasteiger partial charge in [-0.25, -0.2) is 0 Å². The van der Waals surface area contributed by atoms with Crippen LogP contribution in [0.3, 0.4) is 0 Å². The lowest BCUT2D eigenvalue weighted by atomic mass is 9.95. The van der Waals surface area contributed by atoms with Gasteiger partial charge in [-0.05, 0) is 48.9 Å². The Balaban J connectivity index is 1.52. The molecule has 0 atom stereocenters.